The van der Waals surface area contributed by atoms with Crippen LogP contribution in [0.25, 0.3) is 0 Å². The molecule has 0 radical (unpaired) electrons. The maximum atomic E-state index is 11.1. The van der Waals surface area contributed by atoms with E-state index in [4.69, 9.17) is 5.11 Å². The topological polar surface area (TPSA) is 40.5 Å². The molecule has 0 saturated carbocycles. The monoisotopic (exact) mass is 197 g/mol. The van der Waals surface area contributed by atoms with Gasteiger partial charge in [-0.05, 0) is 18.3 Å². The van der Waals surface area contributed by atoms with Gasteiger partial charge >= 0.3 is 6.09 Å². The zero-order valence-electron chi connectivity index (χ0n) is 9.21. The Morgan fingerprint density at radius 3 is 2.43 bits per heavy atom. The van der Waals surface area contributed by atoms with Crippen LogP contribution < -0.4 is 0 Å². The molecule has 14 heavy (non-hydrogen) atoms. The molecule has 3 heteroatoms. The van der Waals surface area contributed by atoms with E-state index in [1.54, 1.807) is 6.08 Å². The fraction of sp³-hybridized carbons (Fsp3) is 0.727. The van der Waals surface area contributed by atoms with Gasteiger partial charge in [0, 0.05) is 6.54 Å². The second-order valence-corrected chi connectivity index (χ2v) is 4.92. The number of likely N-dealkylation sites (tertiary alicyclic amines) is 1. The Balaban J connectivity index is 3.10. The van der Waals surface area contributed by atoms with Crippen LogP contribution >= 0.6 is 0 Å². The first-order valence-electron chi connectivity index (χ1n) is 4.99. The Labute approximate surface area is 85.4 Å². The third-order valence-corrected chi connectivity index (χ3v) is 3.29. The second-order valence-electron chi connectivity index (χ2n) is 4.92. The lowest BCUT2D eigenvalue weighted by molar-refractivity contribution is 0.0643. The largest absolute Gasteiger partial charge is 0.465 e. The van der Waals surface area contributed by atoms with Gasteiger partial charge in [-0.1, -0.05) is 26.8 Å². The van der Waals surface area contributed by atoms with Crippen LogP contribution in [0.1, 0.15) is 33.6 Å². The highest BCUT2D eigenvalue weighted by atomic mass is 16.4. The van der Waals surface area contributed by atoms with E-state index in [2.05, 4.69) is 27.4 Å². The van der Waals surface area contributed by atoms with E-state index >= 15 is 0 Å². The van der Waals surface area contributed by atoms with Crippen molar-refractivity contribution in [1.82, 2.24) is 4.90 Å². The van der Waals surface area contributed by atoms with Crippen molar-refractivity contribution >= 4 is 6.09 Å². The Morgan fingerprint density at radius 2 is 2.14 bits per heavy atom. The number of carbonyl (C=O) groups is 1. The van der Waals surface area contributed by atoms with Gasteiger partial charge in [-0.25, -0.2) is 4.79 Å². The van der Waals surface area contributed by atoms with Crippen molar-refractivity contribution < 1.29 is 9.90 Å². The van der Waals surface area contributed by atoms with Crippen LogP contribution in [0.15, 0.2) is 12.7 Å². The summed E-state index contributed by atoms with van der Waals surface area (Å²) in [5.41, 5.74) is -0.484. The number of hydrogen-bond donors (Lipinski definition) is 1. The summed E-state index contributed by atoms with van der Waals surface area (Å²) in [4.78, 5) is 12.6. The molecule has 0 aliphatic carbocycles. The van der Waals surface area contributed by atoms with Gasteiger partial charge in [-0.3, -0.25) is 4.90 Å². The van der Waals surface area contributed by atoms with Crippen molar-refractivity contribution in [3.05, 3.63) is 12.7 Å². The third-order valence-electron chi connectivity index (χ3n) is 3.29. The number of carboxylic acid groups (broad SMARTS) is 1. The highest BCUT2D eigenvalue weighted by Gasteiger charge is 2.49. The highest BCUT2D eigenvalue weighted by Crippen LogP contribution is 2.44. The van der Waals surface area contributed by atoms with E-state index < -0.39 is 11.6 Å². The minimum absolute atomic E-state index is 0.0936. The van der Waals surface area contributed by atoms with Crippen molar-refractivity contribution in [1.29, 1.82) is 0 Å². The summed E-state index contributed by atoms with van der Waals surface area (Å²) in [5, 5.41) is 9.12. The molecule has 1 aliphatic rings. The number of nitrogens with zero attached hydrogens (tertiary/aromatic N) is 1. The fourth-order valence-electron chi connectivity index (χ4n) is 2.41. The lowest BCUT2D eigenvalue weighted by Gasteiger charge is -2.44. The summed E-state index contributed by atoms with van der Waals surface area (Å²) < 4.78 is 0. The molecule has 1 atom stereocenters. The smallest absolute Gasteiger partial charge is 0.408 e. The van der Waals surface area contributed by atoms with E-state index in [0.29, 0.717) is 6.54 Å². The number of rotatable bonds is 1. The maximum absolute atomic E-state index is 11.1. The highest BCUT2D eigenvalue weighted by molar-refractivity contribution is 5.67. The van der Waals surface area contributed by atoms with Gasteiger partial charge < -0.3 is 5.11 Å². The van der Waals surface area contributed by atoms with Gasteiger partial charge in [0.05, 0.1) is 5.54 Å². The molecule has 0 bridgehead atoms. The molecule has 1 saturated heterocycles. The average Bonchev–Trinajstić information content (AvgIpc) is 2.46. The second kappa shape index (κ2) is 3.30. The Kier molecular flexibility index (Phi) is 2.61. The van der Waals surface area contributed by atoms with Gasteiger partial charge in [0.15, 0.2) is 0 Å². The summed E-state index contributed by atoms with van der Waals surface area (Å²) in [7, 11) is 0. The van der Waals surface area contributed by atoms with Gasteiger partial charge in [0.25, 0.3) is 0 Å². The molecule has 80 valence electrons. The predicted octanol–water partition coefficient (Wildman–Crippen LogP) is 2.73. The predicted molar refractivity (Wildman–Crippen MR) is 56.3 cm³/mol. The quantitative estimate of drug-likeness (QED) is 0.656. The van der Waals surface area contributed by atoms with E-state index in [9.17, 15) is 4.79 Å². The van der Waals surface area contributed by atoms with Gasteiger partial charge in [0.2, 0.25) is 0 Å². The Morgan fingerprint density at radius 1 is 1.57 bits per heavy atom. The molecule has 0 aromatic carbocycles. The van der Waals surface area contributed by atoms with Crippen molar-refractivity contribution in [2.45, 2.75) is 39.2 Å². The first-order chi connectivity index (χ1) is 6.35. The molecule has 1 unspecified atom stereocenters. The van der Waals surface area contributed by atoms with Crippen LogP contribution in [0.5, 0.6) is 0 Å². The summed E-state index contributed by atoms with van der Waals surface area (Å²) >= 11 is 0. The van der Waals surface area contributed by atoms with Gasteiger partial charge in [-0.2, -0.15) is 0 Å². The molecule has 1 N–H and O–H groups in total. The van der Waals surface area contributed by atoms with E-state index in [0.717, 1.165) is 12.8 Å². The average molecular weight is 197 g/mol. The first kappa shape index (κ1) is 11.1. The molecule has 0 aromatic heterocycles. The first-order valence-corrected chi connectivity index (χ1v) is 4.99. The number of amides is 1. The summed E-state index contributed by atoms with van der Waals surface area (Å²) in [6, 6.07) is 0. The zero-order valence-corrected chi connectivity index (χ0v) is 9.21. The summed E-state index contributed by atoms with van der Waals surface area (Å²) in [6.45, 7) is 10.6. The van der Waals surface area contributed by atoms with Crippen LogP contribution in [-0.2, 0) is 0 Å². The van der Waals surface area contributed by atoms with Gasteiger partial charge in [-0.15, -0.1) is 6.58 Å². The van der Waals surface area contributed by atoms with Crippen LogP contribution in [0.4, 0.5) is 4.79 Å². The van der Waals surface area contributed by atoms with Crippen LogP contribution in [-0.4, -0.2) is 28.2 Å². The molecule has 0 spiro atoms. The van der Waals surface area contributed by atoms with Crippen molar-refractivity contribution in [2.24, 2.45) is 5.41 Å². The molecule has 3 nitrogen and oxygen atoms in total. The maximum Gasteiger partial charge on any atom is 0.408 e. The molecule has 1 amide bonds. The van der Waals surface area contributed by atoms with Gasteiger partial charge in [0.1, 0.15) is 0 Å². The molecular formula is C11H19NO2. The van der Waals surface area contributed by atoms with Crippen molar-refractivity contribution in [2.75, 3.05) is 6.54 Å². The number of hydrogen-bond acceptors (Lipinski definition) is 1. The van der Waals surface area contributed by atoms with Crippen molar-refractivity contribution in [3.8, 4) is 0 Å². The molecule has 1 aliphatic heterocycles. The molecule has 1 rings (SSSR count). The Bertz CT molecular complexity index is 255. The van der Waals surface area contributed by atoms with E-state index in [1.165, 1.54) is 4.90 Å². The zero-order chi connectivity index (χ0) is 11.0. The third kappa shape index (κ3) is 1.41. The SMILES string of the molecule is C=CC1(C(C)(C)C)CCCN1C(=O)O. The lowest BCUT2D eigenvalue weighted by atomic mass is 9.72. The summed E-state index contributed by atoms with van der Waals surface area (Å²) in [5.74, 6) is 0. The molecule has 1 fully saturated rings. The van der Waals surface area contributed by atoms with E-state index in [1.807, 2.05) is 0 Å². The van der Waals surface area contributed by atoms with Crippen molar-refractivity contribution in [3.63, 3.8) is 0 Å². The molecule has 1 heterocycles. The standard InChI is InChI=1S/C11H19NO2/c1-5-11(10(2,3)4)7-6-8-12(11)9(13)14/h5H,1,6-8H2,2-4H3,(H,13,14). The fourth-order valence-corrected chi connectivity index (χ4v) is 2.41. The normalized spacial score (nSPS) is 27.8. The van der Waals surface area contributed by atoms with Crippen LogP contribution in [0.2, 0.25) is 0 Å². The minimum atomic E-state index is -0.836. The Hall–Kier alpha value is -0.990. The van der Waals surface area contributed by atoms with Crippen LogP contribution in [0.3, 0.4) is 0 Å². The van der Waals surface area contributed by atoms with E-state index in [-0.39, 0.29) is 5.41 Å². The lowest BCUT2D eigenvalue weighted by Crippen LogP contribution is -2.53. The summed E-state index contributed by atoms with van der Waals surface area (Å²) in [6.07, 6.45) is 2.77. The van der Waals surface area contributed by atoms with Crippen LogP contribution in [0, 0.1) is 5.41 Å². The minimum Gasteiger partial charge on any atom is -0.465 e. The molecular weight excluding hydrogens is 178 g/mol. The molecule has 0 aromatic rings.